The third-order valence-corrected chi connectivity index (χ3v) is 6.03. The molecule has 4 rings (SSSR count). The van der Waals surface area contributed by atoms with Gasteiger partial charge < -0.3 is 10.6 Å². The molecule has 0 radical (unpaired) electrons. The lowest BCUT2D eigenvalue weighted by Crippen LogP contribution is -2.20. The highest BCUT2D eigenvalue weighted by molar-refractivity contribution is 7.80. The Balaban J connectivity index is 1.45. The van der Waals surface area contributed by atoms with E-state index in [1.54, 1.807) is 39.8 Å². The van der Waals surface area contributed by atoms with Crippen molar-refractivity contribution in [3.05, 3.63) is 92.9 Å². The van der Waals surface area contributed by atoms with Crippen LogP contribution < -0.4 is 10.6 Å². The number of hydrogen-bond donors (Lipinski definition) is 2. The Hall–Kier alpha value is -3.01. The average Bonchev–Trinajstić information content (AvgIpc) is 3.25. The lowest BCUT2D eigenvalue weighted by atomic mass is 10.2. The van der Waals surface area contributed by atoms with Crippen molar-refractivity contribution in [2.24, 2.45) is 0 Å². The number of aryl methyl sites for hydroxylation is 1. The summed E-state index contributed by atoms with van der Waals surface area (Å²) in [6.45, 7) is 4.27. The molecule has 2 aromatic carbocycles. The predicted molar refractivity (Wildman–Crippen MR) is 135 cm³/mol. The minimum atomic E-state index is -0.391. The number of aromatic nitrogens is 4. The van der Waals surface area contributed by atoms with Crippen molar-refractivity contribution in [2.75, 3.05) is 10.6 Å². The summed E-state index contributed by atoms with van der Waals surface area (Å²) >= 11 is 17.9. The summed E-state index contributed by atoms with van der Waals surface area (Å²) in [7, 11) is 0. The summed E-state index contributed by atoms with van der Waals surface area (Å²) in [5, 5.41) is 16.0. The number of benzene rings is 2. The number of halogens is 4. The molecule has 2 heterocycles. The Morgan fingerprint density at radius 1 is 0.971 bits per heavy atom. The molecule has 0 spiro atoms. The maximum Gasteiger partial charge on any atom is 0.176 e. The quantitative estimate of drug-likeness (QED) is 0.297. The van der Waals surface area contributed by atoms with Crippen LogP contribution in [0.5, 0.6) is 0 Å². The van der Waals surface area contributed by atoms with Gasteiger partial charge in [0.2, 0.25) is 0 Å². The summed E-state index contributed by atoms with van der Waals surface area (Å²) in [5.41, 5.74) is 3.37. The maximum atomic E-state index is 14.2. The highest BCUT2D eigenvalue weighted by Gasteiger charge is 2.17. The molecule has 0 saturated carbocycles. The van der Waals surface area contributed by atoms with Gasteiger partial charge in [0.25, 0.3) is 0 Å². The van der Waals surface area contributed by atoms with Crippen molar-refractivity contribution >= 4 is 52.0 Å². The molecule has 0 atom stereocenters. The summed E-state index contributed by atoms with van der Waals surface area (Å²) in [6.07, 6.45) is 1.66. The fourth-order valence-corrected chi connectivity index (χ4v) is 4.08. The van der Waals surface area contributed by atoms with E-state index in [0.717, 1.165) is 11.3 Å². The molecule has 4 aromatic rings. The number of anilines is 2. The number of nitrogens with one attached hydrogen (secondary N) is 2. The molecular weight excluding hydrogens is 501 g/mol. The van der Waals surface area contributed by atoms with Gasteiger partial charge >= 0.3 is 0 Å². The Labute approximate surface area is 210 Å². The number of hydrogen-bond acceptors (Lipinski definition) is 3. The van der Waals surface area contributed by atoms with E-state index in [4.69, 9.17) is 35.4 Å². The van der Waals surface area contributed by atoms with E-state index in [1.807, 2.05) is 13.8 Å². The zero-order valence-corrected chi connectivity index (χ0v) is 20.6. The largest absolute Gasteiger partial charge is 0.329 e. The SMILES string of the molecule is Cc1nn(Cc2c(F)cccc2Cl)c(C)c1NC(=S)Nc1nn(Cc2ccc(F)cc2)cc1Cl. The molecule has 0 aliphatic heterocycles. The van der Waals surface area contributed by atoms with E-state index in [9.17, 15) is 8.78 Å². The third kappa shape index (κ3) is 5.38. The first kappa shape index (κ1) is 24.1. The molecule has 2 N–H and O–H groups in total. The van der Waals surface area contributed by atoms with E-state index in [2.05, 4.69) is 20.8 Å². The van der Waals surface area contributed by atoms with Crippen molar-refractivity contribution in [1.29, 1.82) is 0 Å². The molecule has 0 aliphatic rings. The second-order valence-electron chi connectivity index (χ2n) is 7.63. The van der Waals surface area contributed by atoms with Crippen molar-refractivity contribution in [3.8, 4) is 0 Å². The zero-order chi connectivity index (χ0) is 24.4. The highest BCUT2D eigenvalue weighted by atomic mass is 35.5. The van der Waals surface area contributed by atoms with Crippen LogP contribution in [0.15, 0.2) is 48.7 Å². The number of thiocarbonyl (C=S) groups is 1. The number of rotatable bonds is 6. The molecule has 0 aliphatic carbocycles. The van der Waals surface area contributed by atoms with Crippen LogP contribution >= 0.6 is 35.4 Å². The molecular formula is C23H20Cl2F2N6S. The first-order valence-electron chi connectivity index (χ1n) is 10.2. The summed E-state index contributed by atoms with van der Waals surface area (Å²) in [6, 6.07) is 10.7. The Bertz CT molecular complexity index is 1330. The average molecular weight is 521 g/mol. The van der Waals surface area contributed by atoms with Crippen LogP contribution in [0.3, 0.4) is 0 Å². The predicted octanol–water partition coefficient (Wildman–Crippen LogP) is 6.19. The van der Waals surface area contributed by atoms with Crippen LogP contribution in [0.4, 0.5) is 20.3 Å². The lowest BCUT2D eigenvalue weighted by Gasteiger charge is -2.11. The first-order valence-corrected chi connectivity index (χ1v) is 11.4. The molecule has 0 saturated heterocycles. The molecule has 0 unspecified atom stereocenters. The van der Waals surface area contributed by atoms with Gasteiger partial charge in [0.15, 0.2) is 10.9 Å². The lowest BCUT2D eigenvalue weighted by molar-refractivity contribution is 0.579. The normalized spacial score (nSPS) is 11.0. The highest BCUT2D eigenvalue weighted by Crippen LogP contribution is 2.25. The van der Waals surface area contributed by atoms with Gasteiger partial charge in [0, 0.05) is 16.8 Å². The minimum absolute atomic E-state index is 0.180. The second-order valence-corrected chi connectivity index (χ2v) is 8.86. The van der Waals surface area contributed by atoms with E-state index >= 15 is 0 Å². The second kappa shape index (κ2) is 10.1. The third-order valence-electron chi connectivity index (χ3n) is 5.20. The van der Waals surface area contributed by atoms with Crippen molar-refractivity contribution < 1.29 is 8.78 Å². The molecule has 11 heteroatoms. The van der Waals surface area contributed by atoms with E-state index in [1.165, 1.54) is 18.2 Å². The molecule has 0 amide bonds. The van der Waals surface area contributed by atoms with Gasteiger partial charge in [-0.25, -0.2) is 8.78 Å². The van der Waals surface area contributed by atoms with Crippen LogP contribution in [0.1, 0.15) is 22.5 Å². The van der Waals surface area contributed by atoms with Gasteiger partial charge in [-0.15, -0.1) is 0 Å². The monoisotopic (exact) mass is 520 g/mol. The molecule has 34 heavy (non-hydrogen) atoms. The molecule has 0 fully saturated rings. The Morgan fingerprint density at radius 3 is 2.41 bits per heavy atom. The smallest absolute Gasteiger partial charge is 0.176 e. The van der Waals surface area contributed by atoms with E-state index in [-0.39, 0.29) is 17.5 Å². The molecule has 176 valence electrons. The van der Waals surface area contributed by atoms with E-state index in [0.29, 0.717) is 39.4 Å². The zero-order valence-electron chi connectivity index (χ0n) is 18.2. The Morgan fingerprint density at radius 2 is 1.71 bits per heavy atom. The summed E-state index contributed by atoms with van der Waals surface area (Å²) < 4.78 is 30.6. The van der Waals surface area contributed by atoms with Gasteiger partial charge in [-0.2, -0.15) is 10.2 Å². The molecule has 0 bridgehead atoms. The minimum Gasteiger partial charge on any atom is -0.329 e. The van der Waals surface area contributed by atoms with Gasteiger partial charge in [0.1, 0.15) is 16.7 Å². The van der Waals surface area contributed by atoms with Crippen LogP contribution in [0.25, 0.3) is 0 Å². The van der Waals surface area contributed by atoms with Crippen molar-refractivity contribution in [1.82, 2.24) is 19.6 Å². The van der Waals surface area contributed by atoms with Gasteiger partial charge in [-0.3, -0.25) is 9.36 Å². The summed E-state index contributed by atoms with van der Waals surface area (Å²) in [5.74, 6) is -0.313. The number of nitrogens with zero attached hydrogens (tertiary/aromatic N) is 4. The summed E-state index contributed by atoms with van der Waals surface area (Å²) in [4.78, 5) is 0. The molecule has 2 aromatic heterocycles. The van der Waals surface area contributed by atoms with Crippen LogP contribution in [0.2, 0.25) is 10.0 Å². The molecule has 6 nitrogen and oxygen atoms in total. The van der Waals surface area contributed by atoms with Gasteiger partial charge in [0.05, 0.1) is 30.2 Å². The van der Waals surface area contributed by atoms with Gasteiger partial charge in [-0.05, 0) is 55.9 Å². The first-order chi connectivity index (χ1) is 16.2. The van der Waals surface area contributed by atoms with Crippen molar-refractivity contribution in [3.63, 3.8) is 0 Å². The van der Waals surface area contributed by atoms with Crippen molar-refractivity contribution in [2.45, 2.75) is 26.9 Å². The topological polar surface area (TPSA) is 59.7 Å². The standard InChI is InChI=1S/C23H20Cl2F2N6S/c1-13-21(14(2)33(30-13)11-17-18(24)4-3-5-20(17)27)28-23(34)29-22-19(25)12-32(31-22)10-15-6-8-16(26)9-7-15/h3-9,12H,10-11H2,1-2H3,(H2,28,29,31,34). The Kier molecular flexibility index (Phi) is 7.16. The van der Waals surface area contributed by atoms with Crippen LogP contribution in [-0.2, 0) is 13.1 Å². The van der Waals surface area contributed by atoms with E-state index < -0.39 is 5.82 Å². The van der Waals surface area contributed by atoms with Crippen LogP contribution in [0, 0.1) is 25.5 Å². The van der Waals surface area contributed by atoms with Crippen LogP contribution in [-0.4, -0.2) is 24.7 Å². The van der Waals surface area contributed by atoms with Gasteiger partial charge in [-0.1, -0.05) is 41.4 Å². The maximum absolute atomic E-state index is 14.2. The fourth-order valence-electron chi connectivity index (χ4n) is 3.46. The fraction of sp³-hybridized carbons (Fsp3) is 0.174.